The van der Waals surface area contributed by atoms with Gasteiger partial charge in [-0.1, -0.05) is 127 Å². The lowest BCUT2D eigenvalue weighted by atomic mass is 10.0. The summed E-state index contributed by atoms with van der Waals surface area (Å²) in [6.45, 7) is 0. The second-order valence-corrected chi connectivity index (χ2v) is 14.8. The Hall–Kier alpha value is -6.21. The normalized spacial score (nSPS) is 11.9. The Morgan fingerprint density at radius 2 is 0.941 bits per heavy atom. The van der Waals surface area contributed by atoms with Gasteiger partial charge in [-0.05, 0) is 24.3 Å². The van der Waals surface area contributed by atoms with E-state index in [0.717, 1.165) is 38.6 Å². The van der Waals surface area contributed by atoms with Crippen LogP contribution in [0.4, 0.5) is 0 Å². The summed E-state index contributed by atoms with van der Waals surface area (Å²) in [5, 5.41) is 7.17. The first-order chi connectivity index (χ1) is 25.3. The predicted octanol–water partition coefficient (Wildman–Crippen LogP) is 13.2. The SMILES string of the molecule is c1ccc(-c2nc(-c3ccc4c(c3)sc3c(-c5cccc6c5sc5ccccc56)cccc34)nc(-c3cccc4oc5ccccc5c34)n2)cc1. The van der Waals surface area contributed by atoms with Crippen molar-refractivity contribution in [2.45, 2.75) is 0 Å². The topological polar surface area (TPSA) is 51.8 Å². The molecule has 7 aromatic carbocycles. The number of furan rings is 1. The van der Waals surface area contributed by atoms with Gasteiger partial charge in [0.15, 0.2) is 17.5 Å². The third-order valence-corrected chi connectivity index (χ3v) is 12.2. The number of thiophene rings is 2. The molecule has 4 aromatic heterocycles. The summed E-state index contributed by atoms with van der Waals surface area (Å²) in [5.74, 6) is 1.89. The van der Waals surface area contributed by atoms with E-state index in [1.54, 1.807) is 0 Å². The Morgan fingerprint density at radius 3 is 1.75 bits per heavy atom. The minimum atomic E-state index is 0.617. The summed E-state index contributed by atoms with van der Waals surface area (Å²) in [7, 11) is 0. The predicted molar refractivity (Wildman–Crippen MR) is 215 cm³/mol. The molecule has 0 N–H and O–H groups in total. The van der Waals surface area contributed by atoms with Crippen LogP contribution in [-0.4, -0.2) is 15.0 Å². The molecule has 0 aliphatic heterocycles. The maximum atomic E-state index is 6.23. The molecule has 0 saturated carbocycles. The fourth-order valence-electron chi connectivity index (χ4n) is 7.41. The molecule has 0 fully saturated rings. The molecule has 6 heteroatoms. The van der Waals surface area contributed by atoms with E-state index in [4.69, 9.17) is 19.4 Å². The van der Waals surface area contributed by atoms with E-state index < -0.39 is 0 Å². The second kappa shape index (κ2) is 11.2. The zero-order chi connectivity index (χ0) is 33.5. The van der Waals surface area contributed by atoms with Crippen molar-refractivity contribution in [3.05, 3.63) is 152 Å². The van der Waals surface area contributed by atoms with E-state index in [1.165, 1.54) is 51.5 Å². The molecule has 0 spiro atoms. The van der Waals surface area contributed by atoms with Gasteiger partial charge in [-0.2, -0.15) is 0 Å². The lowest BCUT2D eigenvalue weighted by Gasteiger charge is -2.09. The second-order valence-electron chi connectivity index (χ2n) is 12.7. The van der Waals surface area contributed by atoms with Crippen molar-refractivity contribution >= 4 is 85.0 Å². The van der Waals surface area contributed by atoms with Crippen LogP contribution in [0, 0.1) is 0 Å². The van der Waals surface area contributed by atoms with Crippen LogP contribution < -0.4 is 0 Å². The molecule has 51 heavy (non-hydrogen) atoms. The molecule has 11 aromatic rings. The number of para-hydroxylation sites is 1. The van der Waals surface area contributed by atoms with Crippen molar-refractivity contribution < 1.29 is 4.42 Å². The molecule has 0 radical (unpaired) electrons. The highest BCUT2D eigenvalue weighted by atomic mass is 32.1. The van der Waals surface area contributed by atoms with Crippen LogP contribution in [0.2, 0.25) is 0 Å². The van der Waals surface area contributed by atoms with E-state index in [9.17, 15) is 0 Å². The van der Waals surface area contributed by atoms with Gasteiger partial charge in [0.1, 0.15) is 11.2 Å². The third-order valence-electron chi connectivity index (χ3n) is 9.76. The standard InChI is InChI=1S/C45H25N3OS2/c1-2-11-26(12-3-1)43-46-44(48-45(47-43)35-19-10-21-37-40(35)34-14-4-6-20-36(34)49-37)27-23-24-29-31-16-9-18-33(42(31)51-39(29)25-27)32-17-8-15-30-28-13-5-7-22-38(28)50-41(30)32/h1-25H. The number of fused-ring (bicyclic) bond motifs is 9. The fourth-order valence-corrected chi connectivity index (χ4v) is 9.91. The first-order valence-electron chi connectivity index (χ1n) is 16.9. The molecule has 11 rings (SSSR count). The molecular formula is C45H25N3OS2. The highest BCUT2D eigenvalue weighted by Crippen LogP contribution is 2.46. The van der Waals surface area contributed by atoms with Crippen LogP contribution in [0.25, 0.3) is 108 Å². The lowest BCUT2D eigenvalue weighted by molar-refractivity contribution is 0.669. The quantitative estimate of drug-likeness (QED) is 0.185. The van der Waals surface area contributed by atoms with Crippen LogP contribution in [0.3, 0.4) is 0 Å². The van der Waals surface area contributed by atoms with E-state index in [-0.39, 0.29) is 0 Å². The van der Waals surface area contributed by atoms with Crippen LogP contribution in [0.5, 0.6) is 0 Å². The first kappa shape index (κ1) is 28.6. The highest BCUT2D eigenvalue weighted by molar-refractivity contribution is 7.27. The molecule has 0 unspecified atom stereocenters. The summed E-state index contributed by atoms with van der Waals surface area (Å²) < 4.78 is 11.4. The molecule has 0 bridgehead atoms. The summed E-state index contributed by atoms with van der Waals surface area (Å²) in [6, 6.07) is 53.1. The molecule has 0 aliphatic carbocycles. The van der Waals surface area contributed by atoms with Gasteiger partial charge in [-0.15, -0.1) is 22.7 Å². The van der Waals surface area contributed by atoms with Crippen LogP contribution in [0.1, 0.15) is 0 Å². The Morgan fingerprint density at radius 1 is 0.373 bits per heavy atom. The van der Waals surface area contributed by atoms with Crippen molar-refractivity contribution in [3.8, 4) is 45.3 Å². The van der Waals surface area contributed by atoms with Crippen LogP contribution >= 0.6 is 22.7 Å². The molecule has 0 amide bonds. The van der Waals surface area contributed by atoms with Crippen molar-refractivity contribution in [3.63, 3.8) is 0 Å². The Balaban J connectivity index is 1.11. The Kier molecular flexibility index (Phi) is 6.26. The number of hydrogen-bond acceptors (Lipinski definition) is 6. The van der Waals surface area contributed by atoms with Crippen molar-refractivity contribution in [1.29, 1.82) is 0 Å². The monoisotopic (exact) mass is 687 g/mol. The zero-order valence-electron chi connectivity index (χ0n) is 27.0. The lowest BCUT2D eigenvalue weighted by Crippen LogP contribution is -2.00. The smallest absolute Gasteiger partial charge is 0.164 e. The van der Waals surface area contributed by atoms with Gasteiger partial charge in [0.2, 0.25) is 0 Å². The average molecular weight is 688 g/mol. The molecule has 4 nitrogen and oxygen atoms in total. The fraction of sp³-hybridized carbons (Fsp3) is 0. The van der Waals surface area contributed by atoms with Gasteiger partial charge in [0.05, 0.1) is 0 Å². The minimum absolute atomic E-state index is 0.617. The number of aromatic nitrogens is 3. The summed E-state index contributed by atoms with van der Waals surface area (Å²) in [4.78, 5) is 15.3. The zero-order valence-corrected chi connectivity index (χ0v) is 28.6. The number of nitrogens with zero attached hydrogens (tertiary/aromatic N) is 3. The van der Waals surface area contributed by atoms with Crippen LogP contribution in [-0.2, 0) is 0 Å². The van der Waals surface area contributed by atoms with Crippen LogP contribution in [0.15, 0.2) is 156 Å². The van der Waals surface area contributed by atoms with Gasteiger partial charge in [0, 0.05) is 78.9 Å². The van der Waals surface area contributed by atoms with Gasteiger partial charge >= 0.3 is 0 Å². The van der Waals surface area contributed by atoms with Crippen molar-refractivity contribution in [2.24, 2.45) is 0 Å². The molecule has 0 saturated heterocycles. The Labute approximate surface area is 299 Å². The highest BCUT2D eigenvalue weighted by Gasteiger charge is 2.19. The largest absolute Gasteiger partial charge is 0.456 e. The molecular weight excluding hydrogens is 663 g/mol. The minimum Gasteiger partial charge on any atom is -0.456 e. The van der Waals surface area contributed by atoms with Gasteiger partial charge < -0.3 is 4.42 Å². The number of benzene rings is 7. The molecule has 0 aliphatic rings. The Bertz CT molecular complexity index is 3160. The van der Waals surface area contributed by atoms with E-state index in [2.05, 4.69) is 91.0 Å². The van der Waals surface area contributed by atoms with Crippen molar-refractivity contribution in [2.75, 3.05) is 0 Å². The van der Waals surface area contributed by atoms with E-state index in [0.29, 0.717) is 17.5 Å². The maximum absolute atomic E-state index is 6.23. The van der Waals surface area contributed by atoms with Gasteiger partial charge in [-0.25, -0.2) is 15.0 Å². The number of hydrogen-bond donors (Lipinski definition) is 0. The molecule has 4 heterocycles. The van der Waals surface area contributed by atoms with Gasteiger partial charge in [0.25, 0.3) is 0 Å². The summed E-state index contributed by atoms with van der Waals surface area (Å²) >= 11 is 3.71. The van der Waals surface area contributed by atoms with Gasteiger partial charge in [-0.3, -0.25) is 0 Å². The van der Waals surface area contributed by atoms with Crippen molar-refractivity contribution in [1.82, 2.24) is 15.0 Å². The molecule has 238 valence electrons. The molecule has 0 atom stereocenters. The maximum Gasteiger partial charge on any atom is 0.164 e. The van der Waals surface area contributed by atoms with E-state index >= 15 is 0 Å². The number of rotatable bonds is 4. The third kappa shape index (κ3) is 4.47. The van der Waals surface area contributed by atoms with E-state index in [1.807, 2.05) is 83.3 Å². The first-order valence-corrected chi connectivity index (χ1v) is 18.5. The summed E-state index contributed by atoms with van der Waals surface area (Å²) in [6.07, 6.45) is 0. The summed E-state index contributed by atoms with van der Waals surface area (Å²) in [5.41, 5.74) is 7.01. The average Bonchev–Trinajstić information content (AvgIpc) is 3.89.